The van der Waals surface area contributed by atoms with E-state index in [1.165, 1.54) is 24.3 Å². The summed E-state index contributed by atoms with van der Waals surface area (Å²) < 4.78 is 54.8. The fourth-order valence-electron chi connectivity index (χ4n) is 3.06. The Morgan fingerprint density at radius 3 is 2.16 bits per heavy atom. The maximum absolute atomic E-state index is 14.0. The minimum absolute atomic E-state index is 0.0942. The van der Waals surface area contributed by atoms with Gasteiger partial charge < -0.3 is 5.32 Å². The predicted molar refractivity (Wildman–Crippen MR) is 114 cm³/mol. The van der Waals surface area contributed by atoms with Crippen molar-refractivity contribution in [3.8, 4) is 0 Å². The second-order valence-corrected chi connectivity index (χ2v) is 8.64. The van der Waals surface area contributed by atoms with Crippen LogP contribution in [0.2, 0.25) is 0 Å². The standard InChI is InChI=1S/C23H22F2N2O3S/c24-19-12-10-17(11-13-19)14-15-26-23(28)21(16-18-6-2-1-3-7-18)27-31(29,30)22-9-5-4-8-20(22)25/h1-13,21,27H,14-16H2,(H,26,28)/t21-/m0/s1. The van der Waals surface area contributed by atoms with E-state index in [1.54, 1.807) is 36.4 Å². The zero-order valence-corrected chi connectivity index (χ0v) is 17.4. The van der Waals surface area contributed by atoms with Gasteiger partial charge in [0.2, 0.25) is 15.9 Å². The van der Waals surface area contributed by atoms with Crippen LogP contribution in [0.3, 0.4) is 0 Å². The molecule has 3 aromatic rings. The van der Waals surface area contributed by atoms with Gasteiger partial charge in [0.05, 0.1) is 0 Å². The van der Waals surface area contributed by atoms with Crippen molar-refractivity contribution in [2.45, 2.75) is 23.8 Å². The van der Waals surface area contributed by atoms with Crippen molar-refractivity contribution in [3.05, 3.63) is 102 Å². The fraction of sp³-hybridized carbons (Fsp3) is 0.174. The molecule has 0 aliphatic rings. The van der Waals surface area contributed by atoms with Crippen molar-refractivity contribution in [2.24, 2.45) is 0 Å². The Labute approximate surface area is 180 Å². The van der Waals surface area contributed by atoms with Crippen molar-refractivity contribution < 1.29 is 22.0 Å². The number of halogens is 2. The summed E-state index contributed by atoms with van der Waals surface area (Å²) >= 11 is 0. The zero-order chi connectivity index (χ0) is 22.3. The minimum atomic E-state index is -4.26. The summed E-state index contributed by atoms with van der Waals surface area (Å²) in [4.78, 5) is 12.3. The molecule has 162 valence electrons. The molecule has 0 aromatic heterocycles. The van der Waals surface area contributed by atoms with E-state index in [0.717, 1.165) is 23.3 Å². The van der Waals surface area contributed by atoms with Crippen LogP contribution in [0.4, 0.5) is 8.78 Å². The second-order valence-electron chi connectivity index (χ2n) is 6.96. The van der Waals surface area contributed by atoms with Crippen LogP contribution in [0.25, 0.3) is 0 Å². The quantitative estimate of drug-likeness (QED) is 0.532. The van der Waals surface area contributed by atoms with E-state index < -0.39 is 32.7 Å². The van der Waals surface area contributed by atoms with Gasteiger partial charge in [0, 0.05) is 6.54 Å². The number of sulfonamides is 1. The molecular weight excluding hydrogens is 422 g/mol. The Morgan fingerprint density at radius 1 is 0.839 bits per heavy atom. The third-order valence-electron chi connectivity index (χ3n) is 4.65. The van der Waals surface area contributed by atoms with E-state index in [2.05, 4.69) is 10.0 Å². The molecule has 0 fully saturated rings. The van der Waals surface area contributed by atoms with Gasteiger partial charge in [-0.15, -0.1) is 0 Å². The van der Waals surface area contributed by atoms with Crippen LogP contribution in [-0.4, -0.2) is 26.9 Å². The fourth-order valence-corrected chi connectivity index (χ4v) is 4.33. The number of amides is 1. The van der Waals surface area contributed by atoms with Gasteiger partial charge in [-0.1, -0.05) is 54.6 Å². The summed E-state index contributed by atoms with van der Waals surface area (Å²) in [6.45, 7) is 0.233. The van der Waals surface area contributed by atoms with Crippen LogP contribution in [0.15, 0.2) is 83.8 Å². The Balaban J connectivity index is 1.73. The van der Waals surface area contributed by atoms with Crippen molar-refractivity contribution in [3.63, 3.8) is 0 Å². The van der Waals surface area contributed by atoms with E-state index in [1.807, 2.05) is 6.07 Å². The lowest BCUT2D eigenvalue weighted by atomic mass is 10.1. The van der Waals surface area contributed by atoms with Crippen LogP contribution in [-0.2, 0) is 27.7 Å². The van der Waals surface area contributed by atoms with Gasteiger partial charge in [-0.05, 0) is 48.2 Å². The molecule has 0 heterocycles. The molecular formula is C23H22F2N2O3S. The Kier molecular flexibility index (Phi) is 7.49. The van der Waals surface area contributed by atoms with Crippen molar-refractivity contribution in [1.29, 1.82) is 0 Å². The first-order valence-corrected chi connectivity index (χ1v) is 11.2. The summed E-state index contributed by atoms with van der Waals surface area (Å²) in [5.41, 5.74) is 1.57. The number of hydrogen-bond acceptors (Lipinski definition) is 3. The first-order valence-electron chi connectivity index (χ1n) is 9.68. The lowest BCUT2D eigenvalue weighted by Gasteiger charge is -2.19. The molecule has 0 aliphatic heterocycles. The molecule has 8 heteroatoms. The van der Waals surface area contributed by atoms with Crippen LogP contribution >= 0.6 is 0 Å². The SMILES string of the molecule is O=C(NCCc1ccc(F)cc1)[C@H](Cc1ccccc1)NS(=O)(=O)c1ccccc1F. The van der Waals surface area contributed by atoms with E-state index in [-0.39, 0.29) is 18.8 Å². The molecule has 0 saturated heterocycles. The van der Waals surface area contributed by atoms with Crippen LogP contribution in [0, 0.1) is 11.6 Å². The van der Waals surface area contributed by atoms with Crippen molar-refractivity contribution in [1.82, 2.24) is 10.0 Å². The molecule has 2 N–H and O–H groups in total. The number of carbonyl (C=O) groups excluding carboxylic acids is 1. The molecule has 3 rings (SSSR count). The summed E-state index contributed by atoms with van der Waals surface area (Å²) in [5, 5.41) is 2.70. The number of nitrogens with one attached hydrogen (secondary N) is 2. The summed E-state index contributed by atoms with van der Waals surface area (Å²) in [5.74, 6) is -1.78. The average molecular weight is 445 g/mol. The van der Waals surface area contributed by atoms with E-state index in [4.69, 9.17) is 0 Å². The van der Waals surface area contributed by atoms with Crippen LogP contribution in [0.1, 0.15) is 11.1 Å². The normalized spacial score (nSPS) is 12.3. The van der Waals surface area contributed by atoms with Crippen LogP contribution in [0.5, 0.6) is 0 Å². The predicted octanol–water partition coefficient (Wildman–Crippen LogP) is 3.21. The molecule has 0 unspecified atom stereocenters. The molecule has 0 radical (unpaired) electrons. The number of hydrogen-bond donors (Lipinski definition) is 2. The largest absolute Gasteiger partial charge is 0.354 e. The maximum atomic E-state index is 14.0. The lowest BCUT2D eigenvalue weighted by molar-refractivity contribution is -0.122. The highest BCUT2D eigenvalue weighted by Gasteiger charge is 2.27. The van der Waals surface area contributed by atoms with Crippen molar-refractivity contribution in [2.75, 3.05) is 6.54 Å². The van der Waals surface area contributed by atoms with Gasteiger partial charge in [-0.3, -0.25) is 4.79 Å². The van der Waals surface area contributed by atoms with E-state index in [0.29, 0.717) is 6.42 Å². The van der Waals surface area contributed by atoms with Gasteiger partial charge in [-0.2, -0.15) is 4.72 Å². The van der Waals surface area contributed by atoms with Crippen molar-refractivity contribution >= 4 is 15.9 Å². The van der Waals surface area contributed by atoms with Crippen LogP contribution < -0.4 is 10.0 Å². The van der Waals surface area contributed by atoms with Gasteiger partial charge in [-0.25, -0.2) is 17.2 Å². The van der Waals surface area contributed by atoms with Gasteiger partial charge >= 0.3 is 0 Å². The third-order valence-corrected chi connectivity index (χ3v) is 6.15. The third kappa shape index (κ3) is 6.44. The van der Waals surface area contributed by atoms with E-state index >= 15 is 0 Å². The monoisotopic (exact) mass is 444 g/mol. The molecule has 0 aliphatic carbocycles. The zero-order valence-electron chi connectivity index (χ0n) is 16.6. The summed E-state index contributed by atoms with van der Waals surface area (Å²) in [6.07, 6.45) is 0.543. The average Bonchev–Trinajstić information content (AvgIpc) is 2.75. The summed E-state index contributed by atoms with van der Waals surface area (Å²) in [7, 11) is -4.26. The highest BCUT2D eigenvalue weighted by atomic mass is 32.2. The highest BCUT2D eigenvalue weighted by molar-refractivity contribution is 7.89. The molecule has 5 nitrogen and oxygen atoms in total. The maximum Gasteiger partial charge on any atom is 0.244 e. The Hall–Kier alpha value is -3.10. The number of rotatable bonds is 9. The Morgan fingerprint density at radius 2 is 1.48 bits per heavy atom. The smallest absolute Gasteiger partial charge is 0.244 e. The molecule has 31 heavy (non-hydrogen) atoms. The molecule has 3 aromatic carbocycles. The molecule has 0 spiro atoms. The number of carbonyl (C=O) groups is 1. The highest BCUT2D eigenvalue weighted by Crippen LogP contribution is 2.15. The van der Waals surface area contributed by atoms with Gasteiger partial charge in [0.1, 0.15) is 22.6 Å². The van der Waals surface area contributed by atoms with E-state index in [9.17, 15) is 22.0 Å². The second kappa shape index (κ2) is 10.3. The first-order chi connectivity index (χ1) is 14.8. The van der Waals surface area contributed by atoms with Gasteiger partial charge in [0.25, 0.3) is 0 Å². The molecule has 1 amide bonds. The summed E-state index contributed by atoms with van der Waals surface area (Å²) in [6, 6.07) is 18.7. The lowest BCUT2D eigenvalue weighted by Crippen LogP contribution is -2.48. The molecule has 1 atom stereocenters. The molecule has 0 bridgehead atoms. The first kappa shape index (κ1) is 22.6. The van der Waals surface area contributed by atoms with Gasteiger partial charge in [0.15, 0.2) is 0 Å². The molecule has 0 saturated carbocycles. The number of benzene rings is 3. The topological polar surface area (TPSA) is 75.3 Å². The Bertz CT molecular complexity index is 1120. The minimum Gasteiger partial charge on any atom is -0.354 e.